The summed E-state index contributed by atoms with van der Waals surface area (Å²) in [7, 11) is 0. The number of likely N-dealkylation sites (tertiary alicyclic amines) is 1. The molecule has 196 valence electrons. The topological polar surface area (TPSA) is 32.8 Å². The number of halogens is 5. The van der Waals surface area contributed by atoms with Crippen LogP contribution in [-0.4, -0.2) is 48.0 Å². The lowest BCUT2D eigenvalue weighted by atomic mass is 10.00. The van der Waals surface area contributed by atoms with E-state index in [2.05, 4.69) is 9.64 Å². The fourth-order valence-electron chi connectivity index (χ4n) is 4.66. The molecule has 37 heavy (non-hydrogen) atoms. The number of carbonyl (C=O) groups excluding carboxylic acids is 1. The summed E-state index contributed by atoms with van der Waals surface area (Å²) in [6, 6.07) is 16.8. The van der Waals surface area contributed by atoms with E-state index in [-0.39, 0.29) is 18.3 Å². The Morgan fingerprint density at radius 2 is 1.57 bits per heavy atom. The number of piperidine rings is 1. The molecular formula is C28H27F5N2O2. The second-order valence-electron chi connectivity index (χ2n) is 8.97. The molecule has 0 spiro atoms. The number of hydrogen-bond donors (Lipinski definition) is 0. The molecule has 1 aliphatic rings. The van der Waals surface area contributed by atoms with E-state index in [1.54, 1.807) is 18.2 Å². The van der Waals surface area contributed by atoms with Gasteiger partial charge in [-0.05, 0) is 37.0 Å². The van der Waals surface area contributed by atoms with Gasteiger partial charge in [0.15, 0.2) is 11.6 Å². The molecule has 0 radical (unpaired) electrons. The number of amides is 1. The van der Waals surface area contributed by atoms with Gasteiger partial charge < -0.3 is 9.64 Å². The van der Waals surface area contributed by atoms with Crippen molar-refractivity contribution in [2.75, 3.05) is 19.6 Å². The zero-order chi connectivity index (χ0) is 26.4. The van der Waals surface area contributed by atoms with Gasteiger partial charge >= 0.3 is 6.61 Å². The van der Waals surface area contributed by atoms with Gasteiger partial charge in [-0.3, -0.25) is 9.69 Å². The van der Waals surface area contributed by atoms with E-state index < -0.39 is 35.5 Å². The third-order valence-corrected chi connectivity index (χ3v) is 6.57. The summed E-state index contributed by atoms with van der Waals surface area (Å²) in [5, 5.41) is 0. The van der Waals surface area contributed by atoms with Crippen LogP contribution in [0.2, 0.25) is 0 Å². The summed E-state index contributed by atoms with van der Waals surface area (Å²) in [4.78, 5) is 17.0. The van der Waals surface area contributed by atoms with Crippen LogP contribution in [0.5, 0.6) is 5.75 Å². The van der Waals surface area contributed by atoms with Crippen LogP contribution < -0.4 is 4.74 Å². The van der Waals surface area contributed by atoms with Crippen LogP contribution in [0, 0.1) is 17.5 Å². The first-order chi connectivity index (χ1) is 17.8. The number of rotatable bonds is 9. The molecule has 0 bridgehead atoms. The Balaban J connectivity index is 1.48. The number of hydrogen-bond acceptors (Lipinski definition) is 3. The van der Waals surface area contributed by atoms with Gasteiger partial charge in [-0.15, -0.1) is 0 Å². The lowest BCUT2D eigenvalue weighted by Crippen LogP contribution is -2.48. The average Bonchev–Trinajstić information content (AvgIpc) is 2.88. The number of nitrogens with zero attached hydrogens (tertiary/aromatic N) is 2. The lowest BCUT2D eigenvalue weighted by Gasteiger charge is -2.39. The van der Waals surface area contributed by atoms with E-state index >= 15 is 0 Å². The molecule has 1 saturated heterocycles. The summed E-state index contributed by atoms with van der Waals surface area (Å²) in [6.45, 7) is -1.14. The quantitative estimate of drug-likeness (QED) is 0.255. The highest BCUT2D eigenvalue weighted by atomic mass is 19.3. The molecule has 3 aromatic rings. The summed E-state index contributed by atoms with van der Waals surface area (Å²) < 4.78 is 72.0. The Kier molecular flexibility index (Phi) is 8.76. The molecule has 0 atom stereocenters. The van der Waals surface area contributed by atoms with Crippen molar-refractivity contribution in [1.29, 1.82) is 0 Å². The van der Waals surface area contributed by atoms with Gasteiger partial charge in [0, 0.05) is 43.9 Å². The van der Waals surface area contributed by atoms with Gasteiger partial charge in [0.2, 0.25) is 0 Å². The van der Waals surface area contributed by atoms with Crippen molar-refractivity contribution in [1.82, 2.24) is 9.80 Å². The van der Waals surface area contributed by atoms with Crippen LogP contribution in [0.25, 0.3) is 0 Å². The number of carbonyl (C=O) groups is 1. The highest BCUT2D eigenvalue weighted by Gasteiger charge is 2.31. The van der Waals surface area contributed by atoms with Gasteiger partial charge in [-0.2, -0.15) is 8.78 Å². The van der Waals surface area contributed by atoms with E-state index in [1.807, 2.05) is 30.3 Å². The fourth-order valence-corrected chi connectivity index (χ4v) is 4.66. The third kappa shape index (κ3) is 6.85. The second-order valence-corrected chi connectivity index (χ2v) is 8.97. The smallest absolute Gasteiger partial charge is 0.387 e. The van der Waals surface area contributed by atoms with E-state index in [0.29, 0.717) is 56.6 Å². The third-order valence-electron chi connectivity index (χ3n) is 6.57. The van der Waals surface area contributed by atoms with Gasteiger partial charge in [-0.25, -0.2) is 13.2 Å². The maximum absolute atomic E-state index is 14.5. The van der Waals surface area contributed by atoms with Crippen LogP contribution in [0.3, 0.4) is 0 Å². The Bertz CT molecular complexity index is 1200. The number of benzene rings is 3. The summed E-state index contributed by atoms with van der Waals surface area (Å²) in [5.74, 6) is -4.32. The molecule has 0 N–H and O–H groups in total. The van der Waals surface area contributed by atoms with Crippen molar-refractivity contribution >= 4 is 5.91 Å². The van der Waals surface area contributed by atoms with Crippen LogP contribution in [0.4, 0.5) is 22.0 Å². The maximum Gasteiger partial charge on any atom is 0.387 e. The average molecular weight is 519 g/mol. The monoisotopic (exact) mass is 518 g/mol. The molecule has 3 aromatic carbocycles. The van der Waals surface area contributed by atoms with Gasteiger partial charge in [0.25, 0.3) is 5.91 Å². The Morgan fingerprint density at radius 1 is 0.919 bits per heavy atom. The predicted molar refractivity (Wildman–Crippen MR) is 129 cm³/mol. The molecule has 0 saturated carbocycles. The van der Waals surface area contributed by atoms with Crippen LogP contribution in [0.1, 0.15) is 34.3 Å². The standard InChI is InChI=1S/C28H27F5N2O2/c29-23-17-25(31)24(30)16-22(23)27(36)35(15-10-19-6-2-1-3-7-19)21-11-13-34(14-12-21)18-20-8-4-5-9-26(20)37-28(32)33/h1-9,16-17,21,28H,10-15,18H2. The Morgan fingerprint density at radius 3 is 2.27 bits per heavy atom. The second kappa shape index (κ2) is 12.2. The van der Waals surface area contributed by atoms with E-state index in [9.17, 15) is 26.7 Å². The molecule has 4 nitrogen and oxygen atoms in total. The van der Waals surface area contributed by atoms with Crippen LogP contribution in [-0.2, 0) is 13.0 Å². The molecule has 0 unspecified atom stereocenters. The number of alkyl halides is 2. The summed E-state index contributed by atoms with van der Waals surface area (Å²) in [5.41, 5.74) is 1.11. The highest BCUT2D eigenvalue weighted by Crippen LogP contribution is 2.26. The molecule has 1 aliphatic heterocycles. The van der Waals surface area contributed by atoms with Crippen LogP contribution >= 0.6 is 0 Å². The molecule has 1 heterocycles. The Labute approximate surface area is 212 Å². The van der Waals surface area contributed by atoms with Crippen LogP contribution in [0.15, 0.2) is 66.7 Å². The number of ether oxygens (including phenoxy) is 1. The zero-order valence-electron chi connectivity index (χ0n) is 20.1. The Hall–Kier alpha value is -3.46. The minimum absolute atomic E-state index is 0.119. The first-order valence-corrected chi connectivity index (χ1v) is 12.1. The van der Waals surface area contributed by atoms with E-state index in [4.69, 9.17) is 0 Å². The van der Waals surface area contributed by atoms with Gasteiger partial charge in [0.1, 0.15) is 11.6 Å². The van der Waals surface area contributed by atoms with E-state index in [1.165, 1.54) is 11.0 Å². The number of para-hydroxylation sites is 1. The molecule has 9 heteroatoms. The first-order valence-electron chi connectivity index (χ1n) is 12.1. The van der Waals surface area contributed by atoms with Crippen molar-refractivity contribution in [3.8, 4) is 5.75 Å². The van der Waals surface area contributed by atoms with Gasteiger partial charge in [-0.1, -0.05) is 48.5 Å². The van der Waals surface area contributed by atoms with Crippen molar-refractivity contribution in [3.05, 3.63) is 101 Å². The summed E-state index contributed by atoms with van der Waals surface area (Å²) in [6.07, 6.45) is 1.60. The van der Waals surface area contributed by atoms with E-state index in [0.717, 1.165) is 5.56 Å². The molecular weight excluding hydrogens is 491 g/mol. The highest BCUT2D eigenvalue weighted by molar-refractivity contribution is 5.94. The van der Waals surface area contributed by atoms with Crippen molar-refractivity contribution in [2.45, 2.75) is 38.5 Å². The maximum atomic E-state index is 14.5. The fraction of sp³-hybridized carbons (Fsp3) is 0.321. The predicted octanol–water partition coefficient (Wildman–Crippen LogP) is 6.05. The first kappa shape index (κ1) is 26.6. The summed E-state index contributed by atoms with van der Waals surface area (Å²) >= 11 is 0. The molecule has 0 aromatic heterocycles. The minimum atomic E-state index is -2.92. The lowest BCUT2D eigenvalue weighted by molar-refractivity contribution is -0.0508. The molecule has 4 rings (SSSR count). The van der Waals surface area contributed by atoms with Crippen molar-refractivity contribution in [3.63, 3.8) is 0 Å². The zero-order valence-corrected chi connectivity index (χ0v) is 20.1. The SMILES string of the molecule is O=C(c1cc(F)c(F)cc1F)N(CCc1ccccc1)C1CCN(Cc2ccccc2OC(F)F)CC1. The minimum Gasteiger partial charge on any atom is -0.434 e. The molecule has 0 aliphatic carbocycles. The van der Waals surface area contributed by atoms with Crippen molar-refractivity contribution in [2.24, 2.45) is 0 Å². The van der Waals surface area contributed by atoms with Gasteiger partial charge in [0.05, 0.1) is 5.56 Å². The molecule has 1 amide bonds. The van der Waals surface area contributed by atoms with Crippen molar-refractivity contribution < 1.29 is 31.5 Å². The largest absolute Gasteiger partial charge is 0.434 e. The normalized spacial score (nSPS) is 14.6. The molecule has 1 fully saturated rings.